The van der Waals surface area contributed by atoms with Crippen LogP contribution >= 0.6 is 0 Å². The van der Waals surface area contributed by atoms with Crippen LogP contribution in [-0.2, 0) is 4.74 Å². The molecule has 2 atom stereocenters. The van der Waals surface area contributed by atoms with E-state index in [0.29, 0.717) is 6.04 Å². The molecule has 1 aromatic heterocycles. The SMILES string of the molecule is CN(C)C(c1ccc[nH]1)C1CNCCO1. The fourth-order valence-corrected chi connectivity index (χ4v) is 2.13. The lowest BCUT2D eigenvalue weighted by molar-refractivity contribution is -0.0222. The molecule has 0 spiro atoms. The lowest BCUT2D eigenvalue weighted by Gasteiger charge is -2.34. The fourth-order valence-electron chi connectivity index (χ4n) is 2.13. The standard InChI is InChI=1S/C11H19N3O/c1-14(2)11(9-4-3-5-13-9)10-8-12-6-7-15-10/h3-5,10-13H,6-8H2,1-2H3. The molecule has 0 amide bonds. The quantitative estimate of drug-likeness (QED) is 0.766. The first-order chi connectivity index (χ1) is 7.29. The minimum Gasteiger partial charge on any atom is -0.374 e. The van der Waals surface area contributed by atoms with E-state index >= 15 is 0 Å². The van der Waals surface area contributed by atoms with Crippen LogP contribution in [0.3, 0.4) is 0 Å². The van der Waals surface area contributed by atoms with Crippen molar-refractivity contribution >= 4 is 0 Å². The summed E-state index contributed by atoms with van der Waals surface area (Å²) in [7, 11) is 4.17. The average Bonchev–Trinajstić information content (AvgIpc) is 2.72. The maximum Gasteiger partial charge on any atom is 0.0910 e. The summed E-state index contributed by atoms with van der Waals surface area (Å²) in [4.78, 5) is 5.46. The van der Waals surface area contributed by atoms with Crippen LogP contribution in [0.15, 0.2) is 18.3 Å². The molecule has 2 N–H and O–H groups in total. The predicted molar refractivity (Wildman–Crippen MR) is 59.8 cm³/mol. The molecule has 0 saturated carbocycles. The van der Waals surface area contributed by atoms with Crippen molar-refractivity contribution < 1.29 is 4.74 Å². The van der Waals surface area contributed by atoms with Crippen molar-refractivity contribution in [2.45, 2.75) is 12.1 Å². The molecule has 1 aromatic rings. The van der Waals surface area contributed by atoms with Gasteiger partial charge in [-0.05, 0) is 26.2 Å². The van der Waals surface area contributed by atoms with E-state index in [1.807, 2.05) is 12.3 Å². The third-order valence-corrected chi connectivity index (χ3v) is 2.81. The molecular weight excluding hydrogens is 190 g/mol. The van der Waals surface area contributed by atoms with Gasteiger partial charge in [0.15, 0.2) is 0 Å². The fraction of sp³-hybridized carbons (Fsp3) is 0.636. The molecule has 1 fully saturated rings. The highest BCUT2D eigenvalue weighted by atomic mass is 16.5. The highest BCUT2D eigenvalue weighted by molar-refractivity contribution is 5.11. The molecule has 0 aliphatic carbocycles. The lowest BCUT2D eigenvalue weighted by atomic mass is 10.1. The van der Waals surface area contributed by atoms with Gasteiger partial charge in [0.2, 0.25) is 0 Å². The van der Waals surface area contributed by atoms with Crippen LogP contribution in [0.5, 0.6) is 0 Å². The van der Waals surface area contributed by atoms with Crippen molar-refractivity contribution in [3.05, 3.63) is 24.0 Å². The Morgan fingerprint density at radius 3 is 2.93 bits per heavy atom. The number of hydrogen-bond donors (Lipinski definition) is 2. The Kier molecular flexibility index (Phi) is 3.41. The Morgan fingerprint density at radius 2 is 2.40 bits per heavy atom. The van der Waals surface area contributed by atoms with Gasteiger partial charge >= 0.3 is 0 Å². The van der Waals surface area contributed by atoms with Gasteiger partial charge in [0, 0.05) is 25.0 Å². The van der Waals surface area contributed by atoms with Crippen LogP contribution in [0.1, 0.15) is 11.7 Å². The van der Waals surface area contributed by atoms with E-state index in [9.17, 15) is 0 Å². The maximum absolute atomic E-state index is 5.80. The van der Waals surface area contributed by atoms with Crippen LogP contribution in [-0.4, -0.2) is 49.8 Å². The number of ether oxygens (including phenoxy) is 1. The van der Waals surface area contributed by atoms with Crippen molar-refractivity contribution in [3.63, 3.8) is 0 Å². The van der Waals surface area contributed by atoms with Gasteiger partial charge in [-0.2, -0.15) is 0 Å². The second-order valence-electron chi connectivity index (χ2n) is 4.15. The molecule has 84 valence electrons. The predicted octanol–water partition coefficient (Wildman–Crippen LogP) is 0.606. The summed E-state index contributed by atoms with van der Waals surface area (Å²) in [6, 6.07) is 4.44. The third-order valence-electron chi connectivity index (χ3n) is 2.81. The average molecular weight is 209 g/mol. The first kappa shape index (κ1) is 10.7. The molecule has 4 heteroatoms. The molecule has 2 heterocycles. The minimum absolute atomic E-state index is 0.229. The first-order valence-electron chi connectivity index (χ1n) is 5.41. The summed E-state index contributed by atoms with van der Waals surface area (Å²) in [5.41, 5.74) is 1.22. The molecule has 1 saturated heterocycles. The number of likely N-dealkylation sites (N-methyl/N-ethyl adjacent to an activating group) is 1. The normalized spacial score (nSPS) is 24.3. The highest BCUT2D eigenvalue weighted by Crippen LogP contribution is 2.23. The molecule has 2 unspecified atom stereocenters. The number of nitrogens with zero attached hydrogens (tertiary/aromatic N) is 1. The van der Waals surface area contributed by atoms with Crippen LogP contribution in [0, 0.1) is 0 Å². The molecule has 15 heavy (non-hydrogen) atoms. The number of H-pyrrole nitrogens is 1. The van der Waals surface area contributed by atoms with Crippen molar-refractivity contribution in [1.29, 1.82) is 0 Å². The Hall–Kier alpha value is -0.840. The molecular formula is C11H19N3O. The Bertz CT molecular complexity index is 278. The van der Waals surface area contributed by atoms with E-state index in [2.05, 4.69) is 35.4 Å². The van der Waals surface area contributed by atoms with E-state index in [1.54, 1.807) is 0 Å². The largest absolute Gasteiger partial charge is 0.374 e. The van der Waals surface area contributed by atoms with Crippen LogP contribution in [0.25, 0.3) is 0 Å². The third kappa shape index (κ3) is 2.40. The molecule has 0 bridgehead atoms. The number of aromatic amines is 1. The van der Waals surface area contributed by atoms with Crippen molar-refractivity contribution in [2.75, 3.05) is 33.8 Å². The Morgan fingerprint density at radius 1 is 1.53 bits per heavy atom. The zero-order valence-electron chi connectivity index (χ0n) is 9.36. The highest BCUT2D eigenvalue weighted by Gasteiger charge is 2.28. The van der Waals surface area contributed by atoms with Gasteiger partial charge in [0.1, 0.15) is 0 Å². The van der Waals surface area contributed by atoms with Gasteiger partial charge in [0.05, 0.1) is 18.8 Å². The van der Waals surface area contributed by atoms with E-state index in [-0.39, 0.29) is 6.10 Å². The molecule has 1 aliphatic heterocycles. The number of rotatable bonds is 3. The number of hydrogen-bond acceptors (Lipinski definition) is 3. The van der Waals surface area contributed by atoms with E-state index in [1.165, 1.54) is 5.69 Å². The summed E-state index contributed by atoms with van der Waals surface area (Å²) in [6.45, 7) is 2.68. The lowest BCUT2D eigenvalue weighted by Crippen LogP contribution is -2.45. The van der Waals surface area contributed by atoms with Gasteiger partial charge in [-0.25, -0.2) is 0 Å². The monoisotopic (exact) mass is 209 g/mol. The van der Waals surface area contributed by atoms with Crippen LogP contribution < -0.4 is 5.32 Å². The van der Waals surface area contributed by atoms with Crippen LogP contribution in [0.2, 0.25) is 0 Å². The molecule has 4 nitrogen and oxygen atoms in total. The van der Waals surface area contributed by atoms with Gasteiger partial charge < -0.3 is 15.0 Å². The first-order valence-corrected chi connectivity index (χ1v) is 5.41. The van der Waals surface area contributed by atoms with Gasteiger partial charge in [0.25, 0.3) is 0 Å². The number of nitrogens with one attached hydrogen (secondary N) is 2. The molecule has 1 aliphatic rings. The maximum atomic E-state index is 5.80. The van der Waals surface area contributed by atoms with Crippen molar-refractivity contribution in [3.8, 4) is 0 Å². The Labute approximate surface area is 90.6 Å². The summed E-state index contributed by atoms with van der Waals surface area (Å²) < 4.78 is 5.80. The van der Waals surface area contributed by atoms with Gasteiger partial charge in [-0.3, -0.25) is 4.90 Å². The van der Waals surface area contributed by atoms with Crippen molar-refractivity contribution in [1.82, 2.24) is 15.2 Å². The molecule has 2 rings (SSSR count). The van der Waals surface area contributed by atoms with Crippen LogP contribution in [0.4, 0.5) is 0 Å². The second kappa shape index (κ2) is 4.79. The minimum atomic E-state index is 0.229. The molecule has 0 aromatic carbocycles. The summed E-state index contributed by atoms with van der Waals surface area (Å²) in [5.74, 6) is 0. The smallest absolute Gasteiger partial charge is 0.0910 e. The summed E-state index contributed by atoms with van der Waals surface area (Å²) in [5, 5.41) is 3.37. The summed E-state index contributed by atoms with van der Waals surface area (Å²) in [6.07, 6.45) is 2.19. The number of morpholine rings is 1. The second-order valence-corrected chi connectivity index (χ2v) is 4.15. The van der Waals surface area contributed by atoms with Gasteiger partial charge in [-0.15, -0.1) is 0 Å². The van der Waals surface area contributed by atoms with E-state index in [0.717, 1.165) is 19.7 Å². The summed E-state index contributed by atoms with van der Waals surface area (Å²) >= 11 is 0. The van der Waals surface area contributed by atoms with E-state index < -0.39 is 0 Å². The zero-order valence-corrected chi connectivity index (χ0v) is 9.36. The van der Waals surface area contributed by atoms with Crippen molar-refractivity contribution in [2.24, 2.45) is 0 Å². The van der Waals surface area contributed by atoms with Gasteiger partial charge in [-0.1, -0.05) is 0 Å². The van der Waals surface area contributed by atoms with E-state index in [4.69, 9.17) is 4.74 Å². The topological polar surface area (TPSA) is 40.3 Å². The molecule has 0 radical (unpaired) electrons. The number of aromatic nitrogens is 1. The Balaban J connectivity index is 2.12. The zero-order chi connectivity index (χ0) is 10.7.